The van der Waals surface area contributed by atoms with E-state index in [1.54, 1.807) is 11.3 Å². The predicted octanol–water partition coefficient (Wildman–Crippen LogP) is 4.10. The fourth-order valence-electron chi connectivity index (χ4n) is 1.89. The molecule has 0 aliphatic rings. The van der Waals surface area contributed by atoms with Crippen molar-refractivity contribution in [1.82, 2.24) is 0 Å². The second-order valence-corrected chi connectivity index (χ2v) is 5.87. The van der Waals surface area contributed by atoms with Gasteiger partial charge in [0.25, 0.3) is 0 Å². The second kappa shape index (κ2) is 4.84. The average Bonchev–Trinajstić information content (AvgIpc) is 2.61. The van der Waals surface area contributed by atoms with E-state index >= 15 is 0 Å². The molecule has 0 aliphatic carbocycles. The molecule has 0 N–H and O–H groups in total. The molecule has 0 saturated carbocycles. The highest BCUT2D eigenvalue weighted by atomic mass is 32.1. The molecule has 17 heavy (non-hydrogen) atoms. The Bertz CT molecular complexity index is 535. The van der Waals surface area contributed by atoms with Gasteiger partial charge in [0.2, 0.25) is 0 Å². The van der Waals surface area contributed by atoms with Crippen LogP contribution < -0.4 is 0 Å². The summed E-state index contributed by atoms with van der Waals surface area (Å²) < 4.78 is 0. The highest BCUT2D eigenvalue weighted by Crippen LogP contribution is 2.22. The maximum Gasteiger partial charge on any atom is 0.168 e. The van der Waals surface area contributed by atoms with Crippen LogP contribution in [0.2, 0.25) is 0 Å². The standard InChI is InChI=1S/C15H16OS/c1-10-4-6-13(7-5-10)9-15(16)14-8-11(2)17-12(14)3/h4-8H,9H2,1-3H3. The first-order valence-electron chi connectivity index (χ1n) is 5.72. The average molecular weight is 244 g/mol. The van der Waals surface area contributed by atoms with Crippen LogP contribution in [0.15, 0.2) is 30.3 Å². The van der Waals surface area contributed by atoms with Crippen LogP contribution in [0, 0.1) is 20.8 Å². The van der Waals surface area contributed by atoms with Gasteiger partial charge in [-0.25, -0.2) is 0 Å². The maximum atomic E-state index is 12.1. The third-order valence-electron chi connectivity index (χ3n) is 2.83. The summed E-state index contributed by atoms with van der Waals surface area (Å²) in [6, 6.07) is 10.2. The lowest BCUT2D eigenvalue weighted by molar-refractivity contribution is 0.0993. The van der Waals surface area contributed by atoms with E-state index in [0.29, 0.717) is 6.42 Å². The first-order valence-corrected chi connectivity index (χ1v) is 6.53. The normalized spacial score (nSPS) is 10.5. The first kappa shape index (κ1) is 12.1. The van der Waals surface area contributed by atoms with Gasteiger partial charge in [-0.2, -0.15) is 0 Å². The summed E-state index contributed by atoms with van der Waals surface area (Å²) in [6.07, 6.45) is 0.497. The molecule has 0 spiro atoms. The largest absolute Gasteiger partial charge is 0.294 e. The molecule has 1 aromatic carbocycles. The van der Waals surface area contributed by atoms with Crippen LogP contribution >= 0.6 is 11.3 Å². The van der Waals surface area contributed by atoms with Gasteiger partial charge in [-0.3, -0.25) is 4.79 Å². The van der Waals surface area contributed by atoms with Crippen molar-refractivity contribution in [2.45, 2.75) is 27.2 Å². The molecule has 2 heteroatoms. The zero-order valence-electron chi connectivity index (χ0n) is 10.4. The molecule has 0 fully saturated rings. The number of hydrogen-bond donors (Lipinski definition) is 0. The molecule has 1 nitrogen and oxygen atoms in total. The number of aryl methyl sites for hydroxylation is 3. The zero-order chi connectivity index (χ0) is 12.4. The molecular weight excluding hydrogens is 228 g/mol. The van der Waals surface area contributed by atoms with Crippen molar-refractivity contribution in [2.75, 3.05) is 0 Å². The molecule has 0 atom stereocenters. The summed E-state index contributed by atoms with van der Waals surface area (Å²) in [5, 5.41) is 0. The van der Waals surface area contributed by atoms with E-state index in [2.05, 4.69) is 6.92 Å². The predicted molar refractivity (Wildman–Crippen MR) is 73.0 cm³/mol. The molecule has 2 aromatic rings. The number of benzene rings is 1. The van der Waals surface area contributed by atoms with Gasteiger partial charge in [0, 0.05) is 21.7 Å². The molecule has 1 heterocycles. The molecule has 1 aromatic heterocycles. The minimum absolute atomic E-state index is 0.218. The molecule has 0 radical (unpaired) electrons. The lowest BCUT2D eigenvalue weighted by atomic mass is 10.0. The fraction of sp³-hybridized carbons (Fsp3) is 0.267. The van der Waals surface area contributed by atoms with Gasteiger partial charge in [0.1, 0.15) is 0 Å². The molecule has 0 aliphatic heterocycles. The van der Waals surface area contributed by atoms with E-state index in [9.17, 15) is 4.79 Å². The number of carbonyl (C=O) groups is 1. The molecule has 0 bridgehead atoms. The summed E-state index contributed by atoms with van der Waals surface area (Å²) in [6.45, 7) is 6.11. The molecule has 0 amide bonds. The van der Waals surface area contributed by atoms with Crippen molar-refractivity contribution in [3.8, 4) is 0 Å². The van der Waals surface area contributed by atoms with Crippen molar-refractivity contribution < 1.29 is 4.79 Å². The molecule has 88 valence electrons. The quantitative estimate of drug-likeness (QED) is 0.743. The van der Waals surface area contributed by atoms with Gasteiger partial charge in [-0.1, -0.05) is 29.8 Å². The van der Waals surface area contributed by atoms with Crippen LogP contribution in [0.5, 0.6) is 0 Å². The number of ketones is 1. The highest BCUT2D eigenvalue weighted by molar-refractivity contribution is 7.12. The Kier molecular flexibility index (Phi) is 3.43. The van der Waals surface area contributed by atoms with Crippen molar-refractivity contribution >= 4 is 17.1 Å². The Morgan fingerprint density at radius 1 is 1.12 bits per heavy atom. The van der Waals surface area contributed by atoms with E-state index in [0.717, 1.165) is 16.0 Å². The van der Waals surface area contributed by atoms with E-state index in [1.165, 1.54) is 10.4 Å². The van der Waals surface area contributed by atoms with Crippen molar-refractivity contribution in [1.29, 1.82) is 0 Å². The van der Waals surface area contributed by atoms with Crippen LogP contribution in [-0.2, 0) is 6.42 Å². The summed E-state index contributed by atoms with van der Waals surface area (Å²) in [7, 11) is 0. The zero-order valence-corrected chi connectivity index (χ0v) is 11.2. The molecule has 0 saturated heterocycles. The number of carbonyl (C=O) groups excluding carboxylic acids is 1. The minimum atomic E-state index is 0.218. The maximum absolute atomic E-state index is 12.1. The third kappa shape index (κ3) is 2.83. The third-order valence-corrected chi connectivity index (χ3v) is 3.79. The van der Waals surface area contributed by atoms with Crippen LogP contribution in [0.3, 0.4) is 0 Å². The highest BCUT2D eigenvalue weighted by Gasteiger charge is 2.12. The lowest BCUT2D eigenvalue weighted by Crippen LogP contribution is -2.03. The smallest absolute Gasteiger partial charge is 0.168 e. The van der Waals surface area contributed by atoms with Gasteiger partial charge in [-0.05, 0) is 32.4 Å². The van der Waals surface area contributed by atoms with E-state index in [4.69, 9.17) is 0 Å². The van der Waals surface area contributed by atoms with Crippen LogP contribution in [0.25, 0.3) is 0 Å². The Morgan fingerprint density at radius 3 is 2.29 bits per heavy atom. The van der Waals surface area contributed by atoms with Gasteiger partial charge >= 0.3 is 0 Å². The lowest BCUT2D eigenvalue weighted by Gasteiger charge is -2.01. The number of Topliss-reactive ketones (excluding diaryl/α,β-unsaturated/α-hetero) is 1. The van der Waals surface area contributed by atoms with Gasteiger partial charge in [0.15, 0.2) is 5.78 Å². The van der Waals surface area contributed by atoms with E-state index < -0.39 is 0 Å². The first-order chi connectivity index (χ1) is 8.06. The Labute approximate surface area is 106 Å². The molecule has 2 rings (SSSR count). The minimum Gasteiger partial charge on any atom is -0.294 e. The Balaban J connectivity index is 2.17. The number of hydrogen-bond acceptors (Lipinski definition) is 2. The van der Waals surface area contributed by atoms with Gasteiger partial charge < -0.3 is 0 Å². The summed E-state index contributed by atoms with van der Waals surface area (Å²) >= 11 is 1.69. The van der Waals surface area contributed by atoms with Gasteiger partial charge in [0.05, 0.1) is 0 Å². The SMILES string of the molecule is Cc1ccc(CC(=O)c2cc(C)sc2C)cc1. The van der Waals surface area contributed by atoms with E-state index in [1.807, 2.05) is 44.2 Å². The van der Waals surface area contributed by atoms with Crippen molar-refractivity contribution in [3.63, 3.8) is 0 Å². The molecule has 0 unspecified atom stereocenters. The topological polar surface area (TPSA) is 17.1 Å². The number of rotatable bonds is 3. The summed E-state index contributed by atoms with van der Waals surface area (Å²) in [5.74, 6) is 0.218. The van der Waals surface area contributed by atoms with Gasteiger partial charge in [-0.15, -0.1) is 11.3 Å². The number of thiophene rings is 1. The van der Waals surface area contributed by atoms with Crippen LogP contribution in [0.4, 0.5) is 0 Å². The second-order valence-electron chi connectivity index (χ2n) is 4.41. The van der Waals surface area contributed by atoms with Crippen molar-refractivity contribution in [3.05, 3.63) is 56.8 Å². The molecular formula is C15H16OS. The van der Waals surface area contributed by atoms with E-state index in [-0.39, 0.29) is 5.78 Å². The summed E-state index contributed by atoms with van der Waals surface area (Å²) in [4.78, 5) is 14.5. The fourth-order valence-corrected chi connectivity index (χ4v) is 2.84. The van der Waals surface area contributed by atoms with Crippen molar-refractivity contribution in [2.24, 2.45) is 0 Å². The Hall–Kier alpha value is -1.41. The summed E-state index contributed by atoms with van der Waals surface area (Å²) in [5.41, 5.74) is 3.20. The van der Waals surface area contributed by atoms with Crippen LogP contribution in [0.1, 0.15) is 31.2 Å². The van der Waals surface area contributed by atoms with Crippen LogP contribution in [-0.4, -0.2) is 5.78 Å². The Morgan fingerprint density at radius 2 is 1.76 bits per heavy atom. The monoisotopic (exact) mass is 244 g/mol.